The first-order valence-electron chi connectivity index (χ1n) is 9.80. The first-order valence-corrected chi connectivity index (χ1v) is 12.8. The second-order valence-corrected chi connectivity index (χ2v) is 11.1. The molecule has 24 heavy (non-hydrogen) atoms. The van der Waals surface area contributed by atoms with Crippen LogP contribution in [0.15, 0.2) is 30.3 Å². The second-order valence-electron chi connectivity index (χ2n) is 7.07. The Morgan fingerprint density at radius 1 is 0.833 bits per heavy atom. The van der Waals surface area contributed by atoms with Crippen molar-refractivity contribution >= 4 is 13.3 Å². The third kappa shape index (κ3) is 9.95. The van der Waals surface area contributed by atoms with Crippen LogP contribution in [0.2, 0.25) is 13.1 Å². The summed E-state index contributed by atoms with van der Waals surface area (Å²) in [6.45, 7) is 8.56. The van der Waals surface area contributed by atoms with Crippen LogP contribution in [0.5, 0.6) is 0 Å². The van der Waals surface area contributed by atoms with Crippen LogP contribution < -0.4 is 5.19 Å². The molecule has 0 saturated heterocycles. The molecule has 0 heterocycles. The third-order valence-corrected chi connectivity index (χ3v) is 7.02. The molecule has 2 heteroatoms. The van der Waals surface area contributed by atoms with Gasteiger partial charge >= 0.3 is 0 Å². The first kappa shape index (κ1) is 21.0. The summed E-state index contributed by atoms with van der Waals surface area (Å²) >= 11 is 0. The maximum absolute atomic E-state index is 5.36. The zero-order chi connectivity index (χ0) is 17.5. The predicted molar refractivity (Wildman–Crippen MR) is 109 cm³/mol. The Hall–Kier alpha value is -1.04. The number of hydrogen-bond acceptors (Lipinski definition) is 1. The van der Waals surface area contributed by atoms with Gasteiger partial charge in [-0.15, -0.1) is 11.5 Å². The predicted octanol–water partition coefficient (Wildman–Crippen LogP) is 5.69. The molecule has 0 bridgehead atoms. The molecule has 0 atom stereocenters. The summed E-state index contributed by atoms with van der Waals surface area (Å²) in [4.78, 5) is 0. The van der Waals surface area contributed by atoms with Crippen LogP contribution >= 0.6 is 0 Å². The van der Waals surface area contributed by atoms with Crippen molar-refractivity contribution < 1.29 is 4.74 Å². The van der Waals surface area contributed by atoms with Gasteiger partial charge in [-0.3, -0.25) is 0 Å². The Morgan fingerprint density at radius 3 is 2.04 bits per heavy atom. The Labute approximate surface area is 151 Å². The van der Waals surface area contributed by atoms with E-state index in [1.807, 2.05) is 0 Å². The molecule has 0 saturated carbocycles. The van der Waals surface area contributed by atoms with E-state index in [-0.39, 0.29) is 0 Å². The summed E-state index contributed by atoms with van der Waals surface area (Å²) in [5.74, 6) is 3.45. The smallest absolute Gasteiger partial charge is 0.162 e. The summed E-state index contributed by atoms with van der Waals surface area (Å²) < 4.78 is 5.36. The summed E-state index contributed by atoms with van der Waals surface area (Å²) in [5, 5.41) is 1.45. The lowest BCUT2D eigenvalue weighted by Gasteiger charge is -2.14. The number of hydrogen-bond donors (Lipinski definition) is 0. The summed E-state index contributed by atoms with van der Waals surface area (Å²) in [6.07, 6.45) is 11.7. The molecule has 1 aromatic carbocycles. The van der Waals surface area contributed by atoms with Gasteiger partial charge in [-0.2, -0.15) is 0 Å². The Kier molecular flexibility index (Phi) is 11.6. The van der Waals surface area contributed by atoms with E-state index in [0.29, 0.717) is 0 Å². The van der Waals surface area contributed by atoms with Gasteiger partial charge in [0.05, 0.1) is 0 Å². The van der Waals surface area contributed by atoms with E-state index in [1.54, 1.807) is 0 Å². The summed E-state index contributed by atoms with van der Waals surface area (Å²) in [7, 11) is -1.55. The average molecular weight is 345 g/mol. The van der Waals surface area contributed by atoms with Gasteiger partial charge in [0.2, 0.25) is 0 Å². The van der Waals surface area contributed by atoms with Gasteiger partial charge in [-0.1, -0.05) is 82.0 Å². The Balaban J connectivity index is 2.01. The van der Waals surface area contributed by atoms with Crippen LogP contribution in [-0.2, 0) is 4.74 Å². The summed E-state index contributed by atoms with van der Waals surface area (Å²) in [6, 6.07) is 10.8. The monoisotopic (exact) mass is 344 g/mol. The molecule has 0 aliphatic rings. The molecule has 0 aliphatic heterocycles. The average Bonchev–Trinajstić information content (AvgIpc) is 2.60. The van der Waals surface area contributed by atoms with E-state index in [0.717, 1.165) is 19.6 Å². The molecule has 1 aromatic rings. The fourth-order valence-corrected chi connectivity index (χ4v) is 4.57. The van der Waals surface area contributed by atoms with Crippen LogP contribution in [0.25, 0.3) is 0 Å². The van der Waals surface area contributed by atoms with Gasteiger partial charge in [0.15, 0.2) is 8.07 Å². The van der Waals surface area contributed by atoms with Gasteiger partial charge < -0.3 is 4.74 Å². The van der Waals surface area contributed by atoms with Crippen LogP contribution in [0, 0.1) is 11.5 Å². The third-order valence-electron chi connectivity index (χ3n) is 4.44. The first-order chi connectivity index (χ1) is 11.7. The normalized spacial score (nSPS) is 11.1. The highest BCUT2D eigenvalue weighted by atomic mass is 28.3. The molecule has 0 radical (unpaired) electrons. The molecule has 0 aromatic heterocycles. The number of rotatable bonds is 12. The fraction of sp³-hybridized carbons (Fsp3) is 0.636. The van der Waals surface area contributed by atoms with Crippen LogP contribution in [0.4, 0.5) is 0 Å². The standard InChI is InChI=1S/C22H36OSi/c1-4-23-20-16-11-9-7-5-6-8-10-12-17-21-24(2,3)22-18-14-13-15-19-22/h13-15,18-19H,4-12,16,20H2,1-3H3. The van der Waals surface area contributed by atoms with Gasteiger partial charge in [0, 0.05) is 19.6 Å². The Bertz CT molecular complexity index is 470. The SMILES string of the molecule is CCOCCCCCCCCCCC#C[Si](C)(C)c1ccccc1. The van der Waals surface area contributed by atoms with E-state index in [1.165, 1.54) is 56.6 Å². The molecule has 0 N–H and O–H groups in total. The lowest BCUT2D eigenvalue weighted by molar-refractivity contribution is 0.143. The maximum Gasteiger partial charge on any atom is 0.162 e. The van der Waals surface area contributed by atoms with Crippen molar-refractivity contribution in [1.29, 1.82) is 0 Å². The van der Waals surface area contributed by atoms with Crippen LogP contribution in [0.1, 0.15) is 64.7 Å². The molecule has 1 nitrogen and oxygen atoms in total. The second kappa shape index (κ2) is 13.3. The van der Waals surface area contributed by atoms with E-state index in [9.17, 15) is 0 Å². The highest BCUT2D eigenvalue weighted by molar-refractivity contribution is 6.96. The van der Waals surface area contributed by atoms with Crippen molar-refractivity contribution in [2.75, 3.05) is 13.2 Å². The zero-order valence-electron chi connectivity index (χ0n) is 16.1. The summed E-state index contributed by atoms with van der Waals surface area (Å²) in [5.41, 5.74) is 3.59. The molecule has 0 aliphatic carbocycles. The van der Waals surface area contributed by atoms with Crippen molar-refractivity contribution in [3.05, 3.63) is 30.3 Å². The lowest BCUT2D eigenvalue weighted by Crippen LogP contribution is -2.39. The molecule has 0 fully saturated rings. The molecular weight excluding hydrogens is 308 g/mol. The molecular formula is C22H36OSi. The minimum absolute atomic E-state index is 0.855. The van der Waals surface area contributed by atoms with E-state index in [4.69, 9.17) is 4.74 Å². The molecule has 1 rings (SSSR count). The van der Waals surface area contributed by atoms with Crippen molar-refractivity contribution in [1.82, 2.24) is 0 Å². The maximum atomic E-state index is 5.36. The molecule has 0 unspecified atom stereocenters. The van der Waals surface area contributed by atoms with E-state index < -0.39 is 8.07 Å². The largest absolute Gasteiger partial charge is 0.382 e. The Morgan fingerprint density at radius 2 is 1.42 bits per heavy atom. The van der Waals surface area contributed by atoms with Crippen LogP contribution in [-0.4, -0.2) is 21.3 Å². The highest BCUT2D eigenvalue weighted by Crippen LogP contribution is 2.10. The van der Waals surface area contributed by atoms with Crippen molar-refractivity contribution in [2.24, 2.45) is 0 Å². The fourth-order valence-electron chi connectivity index (χ4n) is 2.83. The minimum Gasteiger partial charge on any atom is -0.382 e. The zero-order valence-corrected chi connectivity index (χ0v) is 17.1. The highest BCUT2D eigenvalue weighted by Gasteiger charge is 2.19. The lowest BCUT2D eigenvalue weighted by atomic mass is 10.1. The molecule has 0 amide bonds. The number of benzene rings is 1. The quantitative estimate of drug-likeness (QED) is 0.269. The van der Waals surface area contributed by atoms with Crippen molar-refractivity contribution in [2.45, 2.75) is 77.8 Å². The van der Waals surface area contributed by atoms with E-state index in [2.05, 4.69) is 61.8 Å². The van der Waals surface area contributed by atoms with Gasteiger partial charge in [0.25, 0.3) is 0 Å². The molecule has 134 valence electrons. The number of ether oxygens (including phenoxy) is 1. The van der Waals surface area contributed by atoms with Gasteiger partial charge in [-0.25, -0.2) is 0 Å². The minimum atomic E-state index is -1.55. The number of unbranched alkanes of at least 4 members (excludes halogenated alkanes) is 8. The van der Waals surface area contributed by atoms with Crippen molar-refractivity contribution in [3.8, 4) is 11.5 Å². The van der Waals surface area contributed by atoms with Crippen LogP contribution in [0.3, 0.4) is 0 Å². The van der Waals surface area contributed by atoms with Gasteiger partial charge in [0.1, 0.15) is 0 Å². The molecule has 0 spiro atoms. The topological polar surface area (TPSA) is 9.23 Å². The van der Waals surface area contributed by atoms with E-state index >= 15 is 0 Å². The van der Waals surface area contributed by atoms with Crippen molar-refractivity contribution in [3.63, 3.8) is 0 Å². The van der Waals surface area contributed by atoms with Gasteiger partial charge in [-0.05, 0) is 25.0 Å².